The van der Waals surface area contributed by atoms with Crippen LogP contribution in [0.15, 0.2) is 54.6 Å². The summed E-state index contributed by atoms with van der Waals surface area (Å²) >= 11 is 0. The van der Waals surface area contributed by atoms with Crippen LogP contribution in [0.1, 0.15) is 22.8 Å². The van der Waals surface area contributed by atoms with Gasteiger partial charge in [-0.1, -0.05) is 60.2 Å². The van der Waals surface area contributed by atoms with Crippen LogP contribution in [0.5, 0.6) is 0 Å². The smallest absolute Gasteiger partial charge is 0.345 e. The number of ether oxygens (including phenoxy) is 1. The molecule has 0 aliphatic heterocycles. The lowest BCUT2D eigenvalue weighted by Gasteiger charge is -2.31. The summed E-state index contributed by atoms with van der Waals surface area (Å²) in [4.78, 5) is 12.1. The molecule has 0 bridgehead atoms. The molecule has 2 aromatic rings. The number of aliphatic hydroxyl groups is 2. The zero-order valence-corrected chi connectivity index (χ0v) is 12.0. The molecule has 2 rings (SSSR count). The molecule has 0 aliphatic carbocycles. The normalized spacial score (nSPS) is 15.0. The van der Waals surface area contributed by atoms with E-state index < -0.39 is 17.7 Å². The Balaban J connectivity index is 2.50. The number of carbonyl (C=O) groups excluding carboxylic acids is 1. The van der Waals surface area contributed by atoms with Crippen LogP contribution >= 0.6 is 0 Å². The summed E-state index contributed by atoms with van der Waals surface area (Å²) < 4.78 is 4.69. The van der Waals surface area contributed by atoms with Gasteiger partial charge >= 0.3 is 5.97 Å². The Labute approximate surface area is 123 Å². The number of hydrogen-bond donors (Lipinski definition) is 2. The highest BCUT2D eigenvalue weighted by molar-refractivity contribution is 5.82. The van der Waals surface area contributed by atoms with Gasteiger partial charge in [0.25, 0.3) is 0 Å². The molecule has 4 nitrogen and oxygen atoms in total. The lowest BCUT2D eigenvalue weighted by Crippen LogP contribution is -2.42. The van der Waals surface area contributed by atoms with E-state index in [0.717, 1.165) is 5.56 Å². The van der Waals surface area contributed by atoms with Gasteiger partial charge in [-0.05, 0) is 18.1 Å². The van der Waals surface area contributed by atoms with Gasteiger partial charge in [0, 0.05) is 0 Å². The maximum absolute atomic E-state index is 12.1. The Kier molecular flexibility index (Phi) is 4.40. The maximum atomic E-state index is 12.1. The van der Waals surface area contributed by atoms with Crippen LogP contribution in [0.4, 0.5) is 0 Å². The van der Waals surface area contributed by atoms with Gasteiger partial charge in [-0.3, -0.25) is 0 Å². The number of hydrogen-bond acceptors (Lipinski definition) is 4. The van der Waals surface area contributed by atoms with E-state index in [0.29, 0.717) is 5.56 Å². The molecule has 0 heterocycles. The Morgan fingerprint density at radius 1 is 1.10 bits per heavy atom. The first-order valence-electron chi connectivity index (χ1n) is 6.61. The third kappa shape index (κ3) is 2.82. The van der Waals surface area contributed by atoms with E-state index in [4.69, 9.17) is 0 Å². The van der Waals surface area contributed by atoms with Gasteiger partial charge in [0.1, 0.15) is 6.10 Å². The summed E-state index contributed by atoms with van der Waals surface area (Å²) in [5.41, 5.74) is -0.403. The summed E-state index contributed by atoms with van der Waals surface area (Å²) in [5, 5.41) is 21.4. The lowest BCUT2D eigenvalue weighted by atomic mass is 9.84. The van der Waals surface area contributed by atoms with Crippen LogP contribution in [0.2, 0.25) is 0 Å². The molecule has 2 unspecified atom stereocenters. The number of aliphatic hydroxyl groups excluding tert-OH is 1. The molecule has 2 aromatic carbocycles. The van der Waals surface area contributed by atoms with Gasteiger partial charge in [-0.25, -0.2) is 4.79 Å². The molecule has 21 heavy (non-hydrogen) atoms. The van der Waals surface area contributed by atoms with Gasteiger partial charge in [-0.2, -0.15) is 0 Å². The first kappa shape index (κ1) is 15.2. The predicted octanol–water partition coefficient (Wildman–Crippen LogP) is 2.09. The molecule has 0 aliphatic rings. The van der Waals surface area contributed by atoms with Crippen LogP contribution in [0, 0.1) is 6.92 Å². The largest absolute Gasteiger partial charge is 0.467 e. The molecule has 0 amide bonds. The SMILES string of the molecule is COC(=O)C(O)(c1ccccc1)C(O)c1ccc(C)cc1. The van der Waals surface area contributed by atoms with Crippen LogP contribution in [0.3, 0.4) is 0 Å². The monoisotopic (exact) mass is 286 g/mol. The van der Waals surface area contributed by atoms with Crippen molar-refractivity contribution in [1.29, 1.82) is 0 Å². The van der Waals surface area contributed by atoms with Gasteiger partial charge in [0.2, 0.25) is 5.60 Å². The molecule has 0 radical (unpaired) electrons. The first-order valence-corrected chi connectivity index (χ1v) is 6.61. The van der Waals surface area contributed by atoms with E-state index in [2.05, 4.69) is 4.74 Å². The fourth-order valence-electron chi connectivity index (χ4n) is 2.23. The first-order chi connectivity index (χ1) is 10.00. The summed E-state index contributed by atoms with van der Waals surface area (Å²) in [5.74, 6) is -0.901. The van der Waals surface area contributed by atoms with Gasteiger partial charge in [0.05, 0.1) is 7.11 Å². The zero-order chi connectivity index (χ0) is 15.5. The topological polar surface area (TPSA) is 66.8 Å². The molecule has 0 saturated heterocycles. The van der Waals surface area contributed by atoms with E-state index in [-0.39, 0.29) is 5.56 Å². The Morgan fingerprint density at radius 3 is 2.19 bits per heavy atom. The third-order valence-corrected chi connectivity index (χ3v) is 3.50. The molecule has 2 atom stereocenters. The molecule has 2 N–H and O–H groups in total. The molecule has 0 saturated carbocycles. The van der Waals surface area contributed by atoms with E-state index in [1.807, 2.05) is 6.92 Å². The average molecular weight is 286 g/mol. The minimum atomic E-state index is -2.15. The van der Waals surface area contributed by atoms with E-state index in [9.17, 15) is 15.0 Å². The van der Waals surface area contributed by atoms with E-state index in [1.165, 1.54) is 7.11 Å². The summed E-state index contributed by atoms with van der Waals surface area (Å²) in [6.45, 7) is 1.92. The molecule has 110 valence electrons. The molecule has 0 spiro atoms. The number of rotatable bonds is 4. The second-order valence-electron chi connectivity index (χ2n) is 4.94. The van der Waals surface area contributed by atoms with Crippen molar-refractivity contribution in [1.82, 2.24) is 0 Å². The highest BCUT2D eigenvalue weighted by Crippen LogP contribution is 2.36. The Hall–Kier alpha value is -2.17. The van der Waals surface area contributed by atoms with Crippen molar-refractivity contribution in [2.75, 3.05) is 7.11 Å². The van der Waals surface area contributed by atoms with Crippen molar-refractivity contribution in [3.63, 3.8) is 0 Å². The average Bonchev–Trinajstić information content (AvgIpc) is 2.54. The molecule has 4 heteroatoms. The van der Waals surface area contributed by atoms with Crippen molar-refractivity contribution in [2.45, 2.75) is 18.6 Å². The minimum absolute atomic E-state index is 0.282. The molecule has 0 aromatic heterocycles. The van der Waals surface area contributed by atoms with Crippen LogP contribution < -0.4 is 0 Å². The summed E-state index contributed by atoms with van der Waals surface area (Å²) in [7, 11) is 1.18. The quantitative estimate of drug-likeness (QED) is 0.845. The summed E-state index contributed by atoms with van der Waals surface area (Å²) in [6.07, 6.45) is -1.42. The number of carbonyl (C=O) groups is 1. The maximum Gasteiger partial charge on any atom is 0.345 e. The highest BCUT2D eigenvalue weighted by atomic mass is 16.5. The van der Waals surface area contributed by atoms with Crippen LogP contribution in [-0.4, -0.2) is 23.3 Å². The van der Waals surface area contributed by atoms with Gasteiger partial charge in [-0.15, -0.1) is 0 Å². The number of methoxy groups -OCH3 is 1. The minimum Gasteiger partial charge on any atom is -0.467 e. The Morgan fingerprint density at radius 2 is 1.67 bits per heavy atom. The molecule has 0 fully saturated rings. The number of aryl methyl sites for hydroxylation is 1. The van der Waals surface area contributed by atoms with Crippen molar-refractivity contribution in [2.24, 2.45) is 0 Å². The van der Waals surface area contributed by atoms with Gasteiger partial charge < -0.3 is 14.9 Å². The molecular weight excluding hydrogens is 268 g/mol. The number of esters is 1. The van der Waals surface area contributed by atoms with Crippen molar-refractivity contribution >= 4 is 5.97 Å². The van der Waals surface area contributed by atoms with Crippen molar-refractivity contribution < 1.29 is 19.7 Å². The van der Waals surface area contributed by atoms with Crippen LogP contribution in [0.25, 0.3) is 0 Å². The van der Waals surface area contributed by atoms with Crippen molar-refractivity contribution in [3.8, 4) is 0 Å². The van der Waals surface area contributed by atoms with E-state index in [1.54, 1.807) is 54.6 Å². The fraction of sp³-hybridized carbons (Fsp3) is 0.235. The molecular formula is C17H18O4. The summed E-state index contributed by atoms with van der Waals surface area (Å²) in [6, 6.07) is 15.3. The fourth-order valence-corrected chi connectivity index (χ4v) is 2.23. The van der Waals surface area contributed by atoms with Crippen LogP contribution in [-0.2, 0) is 15.1 Å². The standard InChI is InChI=1S/C17H18O4/c1-12-8-10-13(11-9-12)15(18)17(20,16(19)21-2)14-6-4-3-5-7-14/h3-11,15,18,20H,1-2H3. The van der Waals surface area contributed by atoms with Gasteiger partial charge in [0.15, 0.2) is 0 Å². The van der Waals surface area contributed by atoms with Crippen molar-refractivity contribution in [3.05, 3.63) is 71.3 Å². The zero-order valence-electron chi connectivity index (χ0n) is 12.0. The predicted molar refractivity (Wildman–Crippen MR) is 78.5 cm³/mol. The Bertz CT molecular complexity index is 606. The second kappa shape index (κ2) is 6.08. The highest BCUT2D eigenvalue weighted by Gasteiger charge is 2.47. The number of benzene rings is 2. The second-order valence-corrected chi connectivity index (χ2v) is 4.94. The lowest BCUT2D eigenvalue weighted by molar-refractivity contribution is -0.178. The van der Waals surface area contributed by atoms with E-state index >= 15 is 0 Å². The third-order valence-electron chi connectivity index (χ3n) is 3.50.